The molecule has 1 aromatic heterocycles. The van der Waals surface area contributed by atoms with Crippen LogP contribution in [0.4, 0.5) is 5.82 Å². The molecule has 3 N–H and O–H groups in total. The van der Waals surface area contributed by atoms with Gasteiger partial charge in [0, 0.05) is 15.6 Å². The van der Waals surface area contributed by atoms with Gasteiger partial charge in [-0.25, -0.2) is 4.98 Å². The molecule has 0 amide bonds. The van der Waals surface area contributed by atoms with E-state index in [1.54, 1.807) is 30.3 Å². The molecule has 0 radical (unpaired) electrons. The number of aliphatic carboxylic acids is 1. The predicted molar refractivity (Wildman–Crippen MR) is 75.4 cm³/mol. The fourth-order valence-electron chi connectivity index (χ4n) is 1.72. The lowest BCUT2D eigenvalue weighted by molar-refractivity contribution is -0.136. The first kappa shape index (κ1) is 13.6. The van der Waals surface area contributed by atoms with Crippen LogP contribution in [0.1, 0.15) is 5.69 Å². The molecule has 1 aromatic carbocycles. The number of hydrogen-bond donors (Lipinski definition) is 2. The van der Waals surface area contributed by atoms with E-state index in [0.29, 0.717) is 21.3 Å². The summed E-state index contributed by atoms with van der Waals surface area (Å²) in [4.78, 5) is 14.7. The molecule has 98 valence electrons. The topological polar surface area (TPSA) is 76.2 Å². The molecular weight excluding hydrogens is 287 g/mol. The summed E-state index contributed by atoms with van der Waals surface area (Å²) in [6.07, 6.45) is -0.166. The van der Waals surface area contributed by atoms with Gasteiger partial charge >= 0.3 is 5.97 Å². The van der Waals surface area contributed by atoms with Crippen LogP contribution in [0, 0.1) is 0 Å². The number of rotatable bonds is 3. The quantitative estimate of drug-likeness (QED) is 0.911. The van der Waals surface area contributed by atoms with E-state index in [0.717, 1.165) is 5.56 Å². The maximum atomic E-state index is 10.6. The van der Waals surface area contributed by atoms with Crippen molar-refractivity contribution in [3.63, 3.8) is 0 Å². The van der Waals surface area contributed by atoms with E-state index in [1.807, 2.05) is 0 Å². The van der Waals surface area contributed by atoms with E-state index in [1.165, 1.54) is 0 Å². The third-order valence-corrected chi connectivity index (χ3v) is 2.92. The summed E-state index contributed by atoms with van der Waals surface area (Å²) in [5, 5.41) is 9.69. The van der Waals surface area contributed by atoms with Crippen LogP contribution in [0.5, 0.6) is 0 Å². The second-order valence-corrected chi connectivity index (χ2v) is 4.84. The average molecular weight is 297 g/mol. The van der Waals surface area contributed by atoms with Gasteiger partial charge in [0.2, 0.25) is 0 Å². The molecule has 2 rings (SSSR count). The fraction of sp³-hybridized carbons (Fsp3) is 0.0769. The monoisotopic (exact) mass is 296 g/mol. The van der Waals surface area contributed by atoms with Crippen LogP contribution in [0.15, 0.2) is 30.3 Å². The van der Waals surface area contributed by atoms with Gasteiger partial charge in [-0.2, -0.15) is 0 Å². The van der Waals surface area contributed by atoms with Crippen LogP contribution in [-0.2, 0) is 11.2 Å². The number of nitrogen functional groups attached to an aromatic ring is 1. The maximum absolute atomic E-state index is 10.6. The van der Waals surface area contributed by atoms with E-state index in [-0.39, 0.29) is 12.2 Å². The summed E-state index contributed by atoms with van der Waals surface area (Å²) < 4.78 is 0. The Morgan fingerprint density at radius 2 is 1.84 bits per heavy atom. The summed E-state index contributed by atoms with van der Waals surface area (Å²) in [5.41, 5.74) is 7.65. The van der Waals surface area contributed by atoms with Crippen LogP contribution in [-0.4, -0.2) is 16.1 Å². The molecule has 2 aromatic rings. The minimum absolute atomic E-state index is 0.166. The van der Waals surface area contributed by atoms with E-state index >= 15 is 0 Å². The molecule has 1 heterocycles. The number of anilines is 1. The highest BCUT2D eigenvalue weighted by atomic mass is 35.5. The standard InChI is InChI=1S/C13H10Cl2N2O2/c14-8-3-7(4-9(15)5-8)11-2-1-10(6-12(18)19)17-13(11)16/h1-5H,6H2,(H2,16,17)(H,18,19). The van der Waals surface area contributed by atoms with Crippen molar-refractivity contribution in [3.05, 3.63) is 46.1 Å². The number of nitrogens with zero attached hydrogens (tertiary/aromatic N) is 1. The summed E-state index contributed by atoms with van der Waals surface area (Å²) in [5.74, 6) is -0.706. The van der Waals surface area contributed by atoms with Gasteiger partial charge in [0.1, 0.15) is 5.82 Å². The van der Waals surface area contributed by atoms with Gasteiger partial charge in [-0.3, -0.25) is 4.79 Å². The Balaban J connectivity index is 2.42. The average Bonchev–Trinajstić information content (AvgIpc) is 2.26. The molecule has 0 saturated carbocycles. The highest BCUT2D eigenvalue weighted by Crippen LogP contribution is 2.30. The molecule has 0 saturated heterocycles. The zero-order chi connectivity index (χ0) is 14.0. The molecule has 0 fully saturated rings. The number of halogens is 2. The lowest BCUT2D eigenvalue weighted by Crippen LogP contribution is -2.04. The first-order valence-corrected chi connectivity index (χ1v) is 6.15. The zero-order valence-electron chi connectivity index (χ0n) is 9.73. The number of benzene rings is 1. The molecule has 0 atom stereocenters. The minimum atomic E-state index is -0.953. The highest BCUT2D eigenvalue weighted by Gasteiger charge is 2.09. The lowest BCUT2D eigenvalue weighted by atomic mass is 10.1. The third kappa shape index (κ3) is 3.36. The van der Waals surface area contributed by atoms with Crippen molar-refractivity contribution in [3.8, 4) is 11.1 Å². The van der Waals surface area contributed by atoms with Gasteiger partial charge in [-0.05, 0) is 35.9 Å². The van der Waals surface area contributed by atoms with Gasteiger partial charge in [0.25, 0.3) is 0 Å². The van der Waals surface area contributed by atoms with Gasteiger partial charge in [-0.15, -0.1) is 0 Å². The number of hydrogen-bond acceptors (Lipinski definition) is 3. The first-order chi connectivity index (χ1) is 8.95. The highest BCUT2D eigenvalue weighted by molar-refractivity contribution is 6.35. The van der Waals surface area contributed by atoms with Crippen molar-refractivity contribution in [2.24, 2.45) is 0 Å². The Kier molecular flexibility index (Phi) is 3.93. The number of carboxylic acid groups (broad SMARTS) is 1. The Morgan fingerprint density at radius 1 is 1.21 bits per heavy atom. The lowest BCUT2D eigenvalue weighted by Gasteiger charge is -2.08. The van der Waals surface area contributed by atoms with E-state index in [4.69, 9.17) is 34.0 Å². The van der Waals surface area contributed by atoms with Gasteiger partial charge in [0.05, 0.1) is 12.1 Å². The molecule has 0 aliphatic carbocycles. The van der Waals surface area contributed by atoms with Crippen molar-refractivity contribution >= 4 is 35.0 Å². The first-order valence-electron chi connectivity index (χ1n) is 5.39. The van der Waals surface area contributed by atoms with Crippen LogP contribution in [0.25, 0.3) is 11.1 Å². The van der Waals surface area contributed by atoms with Gasteiger partial charge in [-0.1, -0.05) is 23.2 Å². The maximum Gasteiger partial charge on any atom is 0.309 e. The fourth-order valence-corrected chi connectivity index (χ4v) is 2.25. The summed E-state index contributed by atoms with van der Waals surface area (Å²) in [6, 6.07) is 8.39. The van der Waals surface area contributed by atoms with Crippen molar-refractivity contribution in [2.75, 3.05) is 5.73 Å². The molecule has 0 aliphatic rings. The van der Waals surface area contributed by atoms with Crippen molar-refractivity contribution in [2.45, 2.75) is 6.42 Å². The molecule has 0 unspecified atom stereocenters. The normalized spacial score (nSPS) is 10.4. The van der Waals surface area contributed by atoms with E-state index in [2.05, 4.69) is 4.98 Å². The van der Waals surface area contributed by atoms with E-state index < -0.39 is 5.97 Å². The molecule has 0 spiro atoms. The van der Waals surface area contributed by atoms with Gasteiger partial charge < -0.3 is 10.8 Å². The SMILES string of the molecule is Nc1nc(CC(=O)O)ccc1-c1cc(Cl)cc(Cl)c1. The summed E-state index contributed by atoms with van der Waals surface area (Å²) >= 11 is 11.9. The number of nitrogens with two attached hydrogens (primary N) is 1. The molecule has 0 bridgehead atoms. The summed E-state index contributed by atoms with van der Waals surface area (Å²) in [6.45, 7) is 0. The van der Waals surface area contributed by atoms with Crippen LogP contribution in [0.3, 0.4) is 0 Å². The van der Waals surface area contributed by atoms with Crippen LogP contribution < -0.4 is 5.73 Å². The van der Waals surface area contributed by atoms with Crippen LogP contribution >= 0.6 is 23.2 Å². The minimum Gasteiger partial charge on any atom is -0.481 e. The Morgan fingerprint density at radius 3 is 2.37 bits per heavy atom. The molecule has 6 heteroatoms. The molecule has 4 nitrogen and oxygen atoms in total. The number of pyridine rings is 1. The van der Waals surface area contributed by atoms with Crippen molar-refractivity contribution in [1.82, 2.24) is 4.98 Å². The predicted octanol–water partition coefficient (Wildman–Crippen LogP) is 3.26. The Labute approximate surface area is 119 Å². The molecule has 19 heavy (non-hydrogen) atoms. The number of aromatic nitrogens is 1. The van der Waals surface area contributed by atoms with Gasteiger partial charge in [0.15, 0.2) is 0 Å². The zero-order valence-corrected chi connectivity index (χ0v) is 11.2. The van der Waals surface area contributed by atoms with Crippen LogP contribution in [0.2, 0.25) is 10.0 Å². The van der Waals surface area contributed by atoms with E-state index in [9.17, 15) is 4.79 Å². The third-order valence-electron chi connectivity index (χ3n) is 2.49. The number of carbonyl (C=O) groups is 1. The second kappa shape index (κ2) is 5.47. The van der Waals surface area contributed by atoms with Crippen molar-refractivity contribution < 1.29 is 9.90 Å². The largest absolute Gasteiger partial charge is 0.481 e. The molecule has 0 aliphatic heterocycles. The second-order valence-electron chi connectivity index (χ2n) is 3.96. The molecular formula is C13H10Cl2N2O2. The smallest absolute Gasteiger partial charge is 0.309 e. The summed E-state index contributed by atoms with van der Waals surface area (Å²) in [7, 11) is 0. The Hall–Kier alpha value is -1.78. The van der Waals surface area contributed by atoms with Crippen molar-refractivity contribution in [1.29, 1.82) is 0 Å². The Bertz CT molecular complexity index is 624. The number of carboxylic acids is 1.